The maximum absolute atomic E-state index is 12.6. The van der Waals surface area contributed by atoms with E-state index < -0.39 is 21.3 Å². The Morgan fingerprint density at radius 3 is 2.07 bits per heavy atom. The van der Waals surface area contributed by atoms with Crippen LogP contribution in [0.1, 0.15) is 55.9 Å². The molecule has 0 aromatic heterocycles. The minimum absolute atomic E-state index is 0. The van der Waals surface area contributed by atoms with E-state index >= 15 is 0 Å². The molecule has 1 aromatic rings. The van der Waals surface area contributed by atoms with Crippen LogP contribution < -0.4 is 10.0 Å². The molecule has 1 radical (unpaired) electrons. The van der Waals surface area contributed by atoms with Crippen molar-refractivity contribution in [2.75, 3.05) is 18.4 Å². The summed E-state index contributed by atoms with van der Waals surface area (Å²) in [6, 6.07) is 1.67. The normalized spacial score (nSPS) is 19.4. The van der Waals surface area contributed by atoms with Crippen LogP contribution in [0.4, 0.5) is 10.5 Å². The molecule has 2 amide bonds. The van der Waals surface area contributed by atoms with Gasteiger partial charge in [-0.2, -0.15) is 0 Å². The number of anilines is 1. The second-order valence-corrected chi connectivity index (χ2v) is 11.0. The number of amides is 2. The molecular formula is C20H29KN3O3S. The Hall–Kier alpha value is 0.0364. The number of nitrogens with zero attached hydrogens (tertiary/aromatic N) is 1. The number of benzene rings is 1. The molecule has 0 atom stereocenters. The fraction of sp³-hybridized carbons (Fsp3) is 0.650. The molecule has 1 fully saturated rings. The van der Waals surface area contributed by atoms with E-state index in [4.69, 9.17) is 0 Å². The van der Waals surface area contributed by atoms with E-state index in [1.54, 1.807) is 0 Å². The van der Waals surface area contributed by atoms with Crippen LogP contribution >= 0.6 is 0 Å². The summed E-state index contributed by atoms with van der Waals surface area (Å²) in [5.41, 5.74) is 5.84. The molecule has 149 valence electrons. The summed E-state index contributed by atoms with van der Waals surface area (Å²) in [4.78, 5) is 14.6. The number of aryl methyl sites for hydroxylation is 2. The van der Waals surface area contributed by atoms with Crippen molar-refractivity contribution in [3.8, 4) is 0 Å². The first kappa shape index (κ1) is 22.7. The fourth-order valence-corrected chi connectivity index (χ4v) is 5.73. The van der Waals surface area contributed by atoms with Crippen LogP contribution in [0.5, 0.6) is 0 Å². The Morgan fingerprint density at radius 2 is 1.57 bits per heavy atom. The summed E-state index contributed by atoms with van der Waals surface area (Å²) in [5, 5.41) is 2.37. The molecule has 1 aromatic carbocycles. The number of urea groups is 1. The van der Waals surface area contributed by atoms with E-state index in [9.17, 15) is 13.2 Å². The van der Waals surface area contributed by atoms with Crippen molar-refractivity contribution < 1.29 is 13.2 Å². The number of carbonyl (C=O) groups excluding carboxylic acids is 1. The summed E-state index contributed by atoms with van der Waals surface area (Å²) in [6.45, 7) is 7.11. The third-order valence-electron chi connectivity index (χ3n) is 6.18. The van der Waals surface area contributed by atoms with Crippen molar-refractivity contribution >= 4 is 73.1 Å². The largest absolute Gasteiger partial charge is 0.332 e. The zero-order valence-electron chi connectivity index (χ0n) is 17.4. The quantitative estimate of drug-likeness (QED) is 0.721. The molecule has 2 aliphatic carbocycles. The molecule has 4 rings (SSSR count). The molecule has 2 N–H and O–H groups in total. The molecule has 0 unspecified atom stereocenters. The van der Waals surface area contributed by atoms with Gasteiger partial charge in [0, 0.05) is 75.7 Å². The Balaban J connectivity index is 0.00000225. The van der Waals surface area contributed by atoms with Gasteiger partial charge in [0.05, 0.1) is 0 Å². The number of carbonyl (C=O) groups is 1. The summed E-state index contributed by atoms with van der Waals surface area (Å²) < 4.78 is 27.4. The summed E-state index contributed by atoms with van der Waals surface area (Å²) >= 11 is 0. The first-order chi connectivity index (χ1) is 12.6. The van der Waals surface area contributed by atoms with E-state index in [1.807, 2.05) is 0 Å². The van der Waals surface area contributed by atoms with Crippen LogP contribution in [0.25, 0.3) is 0 Å². The second-order valence-electron chi connectivity index (χ2n) is 9.03. The topological polar surface area (TPSA) is 78.5 Å². The average molecular weight is 431 g/mol. The van der Waals surface area contributed by atoms with Crippen LogP contribution in [0.2, 0.25) is 0 Å². The monoisotopic (exact) mass is 430 g/mol. The molecule has 3 aliphatic rings. The van der Waals surface area contributed by atoms with Crippen molar-refractivity contribution in [3.05, 3.63) is 28.3 Å². The van der Waals surface area contributed by atoms with Crippen LogP contribution in [-0.4, -0.2) is 94.6 Å². The van der Waals surface area contributed by atoms with Gasteiger partial charge in [-0.3, -0.25) is 4.90 Å². The van der Waals surface area contributed by atoms with Crippen molar-refractivity contribution in [3.63, 3.8) is 0 Å². The number of nitrogens with one attached hydrogen (secondary N) is 2. The summed E-state index contributed by atoms with van der Waals surface area (Å²) in [5.74, 6) is 0. The number of sulfonamides is 1. The molecule has 0 saturated carbocycles. The molecule has 8 heteroatoms. The van der Waals surface area contributed by atoms with Gasteiger partial charge in [-0.05, 0) is 81.5 Å². The molecule has 1 heterocycles. The third kappa shape index (κ3) is 4.38. The van der Waals surface area contributed by atoms with Gasteiger partial charge >= 0.3 is 6.03 Å². The average Bonchev–Trinajstić information content (AvgIpc) is 3.10. The van der Waals surface area contributed by atoms with Gasteiger partial charge in [-0.1, -0.05) is 6.07 Å². The van der Waals surface area contributed by atoms with Crippen LogP contribution in [0.3, 0.4) is 0 Å². The Morgan fingerprint density at radius 1 is 1.04 bits per heavy atom. The number of hydrogen-bond donors (Lipinski definition) is 2. The maximum Gasteiger partial charge on any atom is 0.332 e. The predicted molar refractivity (Wildman–Crippen MR) is 112 cm³/mol. The number of likely N-dealkylation sites (tertiary alicyclic amines) is 1. The van der Waals surface area contributed by atoms with Crippen molar-refractivity contribution in [2.24, 2.45) is 0 Å². The maximum atomic E-state index is 12.6. The van der Waals surface area contributed by atoms with Crippen LogP contribution in [0.15, 0.2) is 6.07 Å². The molecule has 0 bridgehead atoms. The van der Waals surface area contributed by atoms with Gasteiger partial charge in [0.25, 0.3) is 0 Å². The minimum Gasteiger partial charge on any atom is -0.307 e. The zero-order chi connectivity index (χ0) is 19.4. The minimum atomic E-state index is -3.67. The first-order valence-corrected chi connectivity index (χ1v) is 11.4. The molecule has 1 saturated heterocycles. The van der Waals surface area contributed by atoms with Crippen LogP contribution in [-0.2, 0) is 35.7 Å². The Bertz CT molecular complexity index is 855. The fourth-order valence-electron chi connectivity index (χ4n) is 4.50. The van der Waals surface area contributed by atoms with E-state index in [2.05, 4.69) is 41.8 Å². The molecular weight excluding hydrogens is 401 g/mol. The van der Waals surface area contributed by atoms with Gasteiger partial charge in [-0.25, -0.2) is 17.9 Å². The van der Waals surface area contributed by atoms with Gasteiger partial charge in [0.2, 0.25) is 10.0 Å². The van der Waals surface area contributed by atoms with E-state index in [-0.39, 0.29) is 56.9 Å². The van der Waals surface area contributed by atoms with Gasteiger partial charge in [-0.15, -0.1) is 0 Å². The molecule has 6 nitrogen and oxygen atoms in total. The Kier molecular flexibility index (Phi) is 6.72. The van der Waals surface area contributed by atoms with Gasteiger partial charge < -0.3 is 5.32 Å². The van der Waals surface area contributed by atoms with Crippen LogP contribution in [0, 0.1) is 0 Å². The summed E-state index contributed by atoms with van der Waals surface area (Å²) in [7, 11) is -3.67. The molecule has 1 aliphatic heterocycles. The number of fused-ring (bicyclic) bond motifs is 2. The third-order valence-corrected chi connectivity index (χ3v) is 7.83. The summed E-state index contributed by atoms with van der Waals surface area (Å²) in [6.07, 6.45) is 6.18. The van der Waals surface area contributed by atoms with E-state index in [1.165, 1.54) is 22.3 Å². The standard InChI is InChI=1S/C20H29N3O3S.K/c1-20(2,3)23-11-15(12-23)27(25,26)22-19(24)21-18-16-8-4-6-13(16)10-14-7-5-9-17(14)18;/h10,15H,4-9,11-12H2,1-3H3,(H2,21,22,24);. The van der Waals surface area contributed by atoms with Crippen molar-refractivity contribution in [1.29, 1.82) is 0 Å². The van der Waals surface area contributed by atoms with E-state index in [0.717, 1.165) is 44.2 Å². The number of hydrogen-bond acceptors (Lipinski definition) is 4. The SMILES string of the molecule is CC(C)(C)N1CC(S(=O)(=O)NC(=O)Nc2c3c(cc4c2CCC4)CCC3)C1.[K]. The zero-order valence-corrected chi connectivity index (χ0v) is 21.3. The van der Waals surface area contributed by atoms with Gasteiger partial charge in [0.1, 0.15) is 5.25 Å². The van der Waals surface area contributed by atoms with Gasteiger partial charge in [0.15, 0.2) is 0 Å². The molecule has 28 heavy (non-hydrogen) atoms. The van der Waals surface area contributed by atoms with E-state index in [0.29, 0.717) is 13.1 Å². The number of rotatable bonds is 3. The smallest absolute Gasteiger partial charge is 0.307 e. The Labute approximate surface area is 210 Å². The van der Waals surface area contributed by atoms with Crippen molar-refractivity contribution in [2.45, 2.75) is 70.1 Å². The molecule has 0 spiro atoms. The second kappa shape index (κ2) is 8.28. The van der Waals surface area contributed by atoms with Crippen molar-refractivity contribution in [1.82, 2.24) is 9.62 Å². The first-order valence-electron chi connectivity index (χ1n) is 9.89. The predicted octanol–water partition coefficient (Wildman–Crippen LogP) is 2.22.